The minimum absolute atomic E-state index is 0.0711. The number of hydrogen-bond donors (Lipinski definition) is 0. The molecule has 0 aromatic heterocycles. The molecule has 5 heteroatoms. The number of likely N-dealkylation sites (N-methyl/N-ethyl adjacent to an activating group) is 1. The van der Waals surface area contributed by atoms with Crippen molar-refractivity contribution in [1.29, 1.82) is 0 Å². The largest absolute Gasteiger partial charge is 0.454 e. The summed E-state index contributed by atoms with van der Waals surface area (Å²) in [6, 6.07) is 0. The molecule has 174 valence electrons. The highest BCUT2D eigenvalue weighted by molar-refractivity contribution is 5.78. The Morgan fingerprint density at radius 2 is 1.60 bits per heavy atom. The molecule has 0 aromatic rings. The van der Waals surface area contributed by atoms with Crippen molar-refractivity contribution in [3.8, 4) is 0 Å². The van der Waals surface area contributed by atoms with Crippen molar-refractivity contribution in [2.75, 3.05) is 39.8 Å². The molecule has 1 atom stereocenters. The number of unbranched alkanes of at least 4 members (excludes halogenated alkanes) is 8. The quantitative estimate of drug-likeness (QED) is 0.210. The van der Waals surface area contributed by atoms with E-state index >= 15 is 0 Å². The van der Waals surface area contributed by atoms with Gasteiger partial charge in [0.25, 0.3) is 0 Å². The molecular weight excluding hydrogens is 376 g/mol. The van der Waals surface area contributed by atoms with Gasteiger partial charge in [-0.3, -0.25) is 9.59 Å². The van der Waals surface area contributed by atoms with Crippen LogP contribution in [0.4, 0.5) is 0 Å². The number of carbonyl (C=O) groups is 2. The van der Waals surface area contributed by atoms with Crippen molar-refractivity contribution >= 4 is 11.9 Å². The second kappa shape index (κ2) is 14.1. The van der Waals surface area contributed by atoms with Crippen LogP contribution in [0.5, 0.6) is 0 Å². The minimum Gasteiger partial charge on any atom is -0.454 e. The Labute approximate surface area is 185 Å². The number of piperidine rings is 1. The fourth-order valence-corrected chi connectivity index (χ4v) is 5.05. The summed E-state index contributed by atoms with van der Waals surface area (Å²) in [6.07, 6.45) is 17.0. The van der Waals surface area contributed by atoms with E-state index in [0.29, 0.717) is 19.4 Å². The van der Waals surface area contributed by atoms with E-state index in [1.165, 1.54) is 64.2 Å². The SMILES string of the molecule is CCCCCCCCCCCC(=O)O[C@H](CN1CCCC1=O)C[N+]1(C)CCCCC1. The zero-order valence-corrected chi connectivity index (χ0v) is 19.8. The van der Waals surface area contributed by atoms with Crippen molar-refractivity contribution in [1.82, 2.24) is 4.90 Å². The van der Waals surface area contributed by atoms with Crippen LogP contribution in [0.3, 0.4) is 0 Å². The Kier molecular flexibility index (Phi) is 11.8. The molecule has 1 amide bonds. The Bertz CT molecular complexity index is 503. The predicted molar refractivity (Wildman–Crippen MR) is 122 cm³/mol. The molecule has 0 bridgehead atoms. The van der Waals surface area contributed by atoms with Crippen LogP contribution >= 0.6 is 0 Å². The van der Waals surface area contributed by atoms with Crippen LogP contribution in [-0.2, 0) is 14.3 Å². The lowest BCUT2D eigenvalue weighted by molar-refractivity contribution is -0.916. The zero-order valence-electron chi connectivity index (χ0n) is 19.8. The summed E-state index contributed by atoms with van der Waals surface area (Å²) in [7, 11) is 2.28. The van der Waals surface area contributed by atoms with Crippen molar-refractivity contribution < 1.29 is 18.8 Å². The number of ether oxygens (including phenoxy) is 1. The number of rotatable bonds is 15. The summed E-state index contributed by atoms with van der Waals surface area (Å²) < 4.78 is 6.92. The van der Waals surface area contributed by atoms with Crippen LogP contribution in [0.25, 0.3) is 0 Å². The van der Waals surface area contributed by atoms with Crippen molar-refractivity contribution in [2.24, 2.45) is 0 Å². The van der Waals surface area contributed by atoms with E-state index in [9.17, 15) is 9.59 Å². The molecule has 0 aromatic carbocycles. The summed E-state index contributed by atoms with van der Waals surface area (Å²) in [5, 5.41) is 0. The Morgan fingerprint density at radius 3 is 2.20 bits per heavy atom. The Balaban J connectivity index is 1.70. The maximum absolute atomic E-state index is 12.5. The molecule has 2 heterocycles. The monoisotopic (exact) mass is 423 g/mol. The van der Waals surface area contributed by atoms with Crippen LogP contribution < -0.4 is 0 Å². The van der Waals surface area contributed by atoms with E-state index in [4.69, 9.17) is 4.74 Å². The molecular formula is C25H47N2O3+. The normalized spacial score (nSPS) is 19.8. The van der Waals surface area contributed by atoms with Gasteiger partial charge in [-0.25, -0.2) is 0 Å². The van der Waals surface area contributed by atoms with Crippen LogP contribution in [0.2, 0.25) is 0 Å². The van der Waals surface area contributed by atoms with Crippen LogP contribution in [0, 0.1) is 0 Å². The van der Waals surface area contributed by atoms with Crippen LogP contribution in [0.1, 0.15) is 103 Å². The van der Waals surface area contributed by atoms with E-state index < -0.39 is 0 Å². The number of quaternary nitrogens is 1. The van der Waals surface area contributed by atoms with E-state index in [1.54, 1.807) is 0 Å². The highest BCUT2D eigenvalue weighted by Gasteiger charge is 2.33. The number of esters is 1. The van der Waals surface area contributed by atoms with Gasteiger partial charge in [0.15, 0.2) is 6.10 Å². The molecule has 0 spiro atoms. The summed E-state index contributed by atoms with van der Waals surface area (Å²) in [6.45, 7) is 6.79. The van der Waals surface area contributed by atoms with Gasteiger partial charge in [-0.2, -0.15) is 0 Å². The topological polar surface area (TPSA) is 46.6 Å². The number of carbonyl (C=O) groups excluding carboxylic acids is 2. The number of nitrogens with zero attached hydrogens (tertiary/aromatic N) is 2. The summed E-state index contributed by atoms with van der Waals surface area (Å²) in [5.74, 6) is 0.148. The predicted octanol–water partition coefficient (Wildman–Crippen LogP) is 5.07. The molecule has 5 nitrogen and oxygen atoms in total. The first-order chi connectivity index (χ1) is 14.5. The second-order valence-electron chi connectivity index (χ2n) is 9.94. The first-order valence-corrected chi connectivity index (χ1v) is 12.8. The van der Waals surface area contributed by atoms with Gasteiger partial charge in [-0.15, -0.1) is 0 Å². The van der Waals surface area contributed by atoms with Gasteiger partial charge in [0, 0.05) is 19.4 Å². The lowest BCUT2D eigenvalue weighted by Gasteiger charge is -2.40. The number of likely N-dealkylation sites (tertiary alicyclic amines) is 2. The second-order valence-corrected chi connectivity index (χ2v) is 9.94. The molecule has 0 radical (unpaired) electrons. The van der Waals surface area contributed by atoms with Crippen molar-refractivity contribution in [3.63, 3.8) is 0 Å². The fraction of sp³-hybridized carbons (Fsp3) is 0.920. The molecule has 2 saturated heterocycles. The molecule has 0 aliphatic carbocycles. The van der Waals surface area contributed by atoms with Gasteiger partial charge < -0.3 is 14.1 Å². The molecule has 0 unspecified atom stereocenters. The summed E-state index contributed by atoms with van der Waals surface area (Å²) >= 11 is 0. The van der Waals surface area contributed by atoms with E-state index in [1.807, 2.05) is 4.90 Å². The molecule has 2 fully saturated rings. The summed E-state index contributed by atoms with van der Waals surface area (Å²) in [4.78, 5) is 26.5. The van der Waals surface area contributed by atoms with E-state index in [-0.39, 0.29) is 18.0 Å². The third kappa shape index (κ3) is 9.80. The Hall–Kier alpha value is -1.10. The van der Waals surface area contributed by atoms with Gasteiger partial charge in [0.1, 0.15) is 6.54 Å². The standard InChI is InChI=1S/C25H47N2O3/c1-3-4-5-6-7-8-9-10-12-17-25(29)30-23(21-26-18-15-16-24(26)28)22-27(2)19-13-11-14-20-27/h23H,3-22H2,1-2H3/q+1/t23-/m1/s1. The average Bonchev–Trinajstić information content (AvgIpc) is 3.11. The van der Waals surface area contributed by atoms with E-state index in [0.717, 1.165) is 49.9 Å². The average molecular weight is 424 g/mol. The molecule has 2 aliphatic heterocycles. The lowest BCUT2D eigenvalue weighted by atomic mass is 10.1. The minimum atomic E-state index is -0.166. The summed E-state index contributed by atoms with van der Waals surface area (Å²) in [5.41, 5.74) is 0. The van der Waals surface area contributed by atoms with Crippen molar-refractivity contribution in [2.45, 2.75) is 109 Å². The first kappa shape index (κ1) is 25.2. The van der Waals surface area contributed by atoms with Crippen molar-refractivity contribution in [3.05, 3.63) is 0 Å². The van der Waals surface area contributed by atoms with Gasteiger partial charge in [-0.1, -0.05) is 58.3 Å². The molecule has 30 heavy (non-hydrogen) atoms. The molecule has 0 saturated carbocycles. The third-order valence-electron chi connectivity index (χ3n) is 6.92. The van der Waals surface area contributed by atoms with Gasteiger partial charge >= 0.3 is 5.97 Å². The van der Waals surface area contributed by atoms with Gasteiger partial charge in [0.05, 0.1) is 26.7 Å². The Morgan fingerprint density at radius 1 is 0.967 bits per heavy atom. The first-order valence-electron chi connectivity index (χ1n) is 12.8. The van der Waals surface area contributed by atoms with Gasteiger partial charge in [-0.05, 0) is 32.1 Å². The van der Waals surface area contributed by atoms with Crippen LogP contribution in [0.15, 0.2) is 0 Å². The maximum atomic E-state index is 12.5. The maximum Gasteiger partial charge on any atom is 0.306 e. The van der Waals surface area contributed by atoms with Gasteiger partial charge in [0.2, 0.25) is 5.91 Å². The van der Waals surface area contributed by atoms with E-state index in [2.05, 4.69) is 14.0 Å². The number of amides is 1. The zero-order chi connectivity index (χ0) is 21.7. The number of hydrogen-bond acceptors (Lipinski definition) is 3. The smallest absolute Gasteiger partial charge is 0.306 e. The third-order valence-corrected chi connectivity index (χ3v) is 6.92. The lowest BCUT2D eigenvalue weighted by Crippen LogP contribution is -2.54. The fourth-order valence-electron chi connectivity index (χ4n) is 5.05. The molecule has 0 N–H and O–H groups in total. The molecule has 2 aliphatic rings. The highest BCUT2D eigenvalue weighted by atomic mass is 16.5. The van der Waals surface area contributed by atoms with Crippen LogP contribution in [-0.4, -0.2) is 67.1 Å². The molecule has 2 rings (SSSR count). The highest BCUT2D eigenvalue weighted by Crippen LogP contribution is 2.20.